The zero-order valence-electron chi connectivity index (χ0n) is 26.7. The average Bonchev–Trinajstić information content (AvgIpc) is 3.12. The van der Waals surface area contributed by atoms with E-state index in [0.717, 1.165) is 23.5 Å². The lowest BCUT2D eigenvalue weighted by Gasteiger charge is -2.44. The third-order valence-corrected chi connectivity index (χ3v) is 9.96. The zero-order valence-corrected chi connectivity index (χ0v) is 26.7. The smallest absolute Gasteiger partial charge is 0.349 e. The van der Waals surface area contributed by atoms with Crippen LogP contribution in [0.15, 0.2) is 105 Å². The van der Waals surface area contributed by atoms with Crippen molar-refractivity contribution in [3.63, 3.8) is 0 Å². The van der Waals surface area contributed by atoms with Crippen LogP contribution in [-0.2, 0) is 6.54 Å². The number of nitrogens with one attached hydrogen (secondary N) is 1. The molecule has 5 aromatic rings. The molecule has 2 fully saturated rings. The van der Waals surface area contributed by atoms with Gasteiger partial charge in [0.2, 0.25) is 0 Å². The topological polar surface area (TPSA) is 108 Å². The Kier molecular flexibility index (Phi) is 7.74. The molecule has 2 atom stereocenters. The van der Waals surface area contributed by atoms with Gasteiger partial charge in [0.25, 0.3) is 17.4 Å². The second-order valence-electron chi connectivity index (χ2n) is 13.0. The summed E-state index contributed by atoms with van der Waals surface area (Å²) in [6.07, 6.45) is 0.959. The summed E-state index contributed by atoms with van der Waals surface area (Å²) in [6.45, 7) is 4.05. The van der Waals surface area contributed by atoms with Crippen molar-refractivity contribution in [1.82, 2.24) is 9.47 Å². The van der Waals surface area contributed by atoms with Crippen molar-refractivity contribution in [3.05, 3.63) is 134 Å². The van der Waals surface area contributed by atoms with Crippen molar-refractivity contribution in [2.75, 3.05) is 54.4 Å². The van der Waals surface area contributed by atoms with Gasteiger partial charge in [-0.25, -0.2) is 9.18 Å². The van der Waals surface area contributed by atoms with E-state index >= 15 is 0 Å². The maximum absolute atomic E-state index is 13.8. The number of benzene rings is 3. The number of halogens is 1. The van der Waals surface area contributed by atoms with Crippen molar-refractivity contribution < 1.29 is 18.4 Å². The Hall–Kier alpha value is -5.71. The summed E-state index contributed by atoms with van der Waals surface area (Å²) < 4.78 is 20.8. The van der Waals surface area contributed by atoms with Gasteiger partial charge < -0.3 is 29.0 Å². The van der Waals surface area contributed by atoms with Crippen LogP contribution in [-0.4, -0.2) is 60.5 Å². The van der Waals surface area contributed by atoms with Crippen LogP contribution < -0.4 is 26.3 Å². The van der Waals surface area contributed by atoms with E-state index in [2.05, 4.69) is 15.1 Å². The maximum Gasteiger partial charge on any atom is 0.349 e. The third-order valence-electron chi connectivity index (χ3n) is 9.96. The molecule has 0 saturated carbocycles. The van der Waals surface area contributed by atoms with Gasteiger partial charge in [-0.2, -0.15) is 0 Å². The molecule has 5 heterocycles. The number of pyridine rings is 1. The number of carbonyl (C=O) groups is 2. The van der Waals surface area contributed by atoms with E-state index in [1.165, 1.54) is 18.2 Å². The van der Waals surface area contributed by atoms with Crippen LogP contribution >= 0.6 is 0 Å². The highest BCUT2D eigenvalue weighted by Crippen LogP contribution is 2.39. The molecule has 3 aliphatic heterocycles. The van der Waals surface area contributed by atoms with Gasteiger partial charge in [-0.15, -0.1) is 0 Å². The molecule has 11 heteroatoms. The Morgan fingerprint density at radius 1 is 0.796 bits per heavy atom. The minimum absolute atomic E-state index is 0.00387. The Morgan fingerprint density at radius 2 is 1.59 bits per heavy atom. The molecule has 2 bridgehead atoms. The van der Waals surface area contributed by atoms with Gasteiger partial charge in [0.15, 0.2) is 0 Å². The standard InChI is InChI=1S/C38H34FN5O5/c39-28-9-11-29(12-10-28)41-14-16-42(17-15-41)37(47)26-8-13-33(43-21-24-18-27(23-43)32-5-3-7-35(45)44(32)22-24)31(20-26)40-36(46)30-19-25-4-1-2-6-34(25)49-38(30)48/h1-13,19-20,24,27H,14-18,21-23H2,(H,40,46)/t24-,27+/m1/s1. The van der Waals surface area contributed by atoms with Gasteiger partial charge in [0.1, 0.15) is 17.0 Å². The van der Waals surface area contributed by atoms with Gasteiger partial charge in [-0.1, -0.05) is 24.3 Å². The summed E-state index contributed by atoms with van der Waals surface area (Å²) in [5.74, 6) is -0.752. The van der Waals surface area contributed by atoms with Crippen molar-refractivity contribution in [3.8, 4) is 0 Å². The Labute approximate surface area is 281 Å². The van der Waals surface area contributed by atoms with E-state index in [9.17, 15) is 23.6 Å². The number of carbonyl (C=O) groups excluding carboxylic acids is 2. The molecule has 0 spiro atoms. The molecule has 8 rings (SSSR count). The lowest BCUT2D eigenvalue weighted by molar-refractivity contribution is 0.0746. The summed E-state index contributed by atoms with van der Waals surface area (Å²) in [4.78, 5) is 59.2. The fourth-order valence-electron chi connectivity index (χ4n) is 7.55. The normalized spacial score (nSPS) is 18.7. The van der Waals surface area contributed by atoms with Gasteiger partial charge in [0, 0.05) is 80.1 Å². The van der Waals surface area contributed by atoms with Gasteiger partial charge >= 0.3 is 5.63 Å². The van der Waals surface area contributed by atoms with Crippen LogP contribution in [0.5, 0.6) is 0 Å². The van der Waals surface area contributed by atoms with Crippen LogP contribution in [0.2, 0.25) is 0 Å². The van der Waals surface area contributed by atoms with Crippen LogP contribution in [0, 0.1) is 11.7 Å². The maximum atomic E-state index is 13.8. The second-order valence-corrected chi connectivity index (χ2v) is 13.0. The van der Waals surface area contributed by atoms with E-state index in [1.807, 2.05) is 16.7 Å². The van der Waals surface area contributed by atoms with Crippen molar-refractivity contribution in [2.24, 2.45) is 5.92 Å². The summed E-state index contributed by atoms with van der Waals surface area (Å²) in [5, 5.41) is 3.57. The fourth-order valence-corrected chi connectivity index (χ4v) is 7.55. The number of amides is 2. The summed E-state index contributed by atoms with van der Waals surface area (Å²) in [7, 11) is 0. The Morgan fingerprint density at radius 3 is 2.41 bits per heavy atom. The molecule has 2 amide bonds. The molecule has 248 valence electrons. The van der Waals surface area contributed by atoms with Crippen LogP contribution in [0.3, 0.4) is 0 Å². The number of piperazine rings is 1. The van der Waals surface area contributed by atoms with Gasteiger partial charge in [-0.05, 0) is 73.0 Å². The number of para-hydroxylation sites is 1. The van der Waals surface area contributed by atoms with E-state index in [1.54, 1.807) is 65.6 Å². The Bertz CT molecular complexity index is 2210. The first-order chi connectivity index (χ1) is 23.8. The molecular weight excluding hydrogens is 625 g/mol. The lowest BCUT2D eigenvalue weighted by atomic mass is 9.83. The second kappa shape index (κ2) is 12.4. The summed E-state index contributed by atoms with van der Waals surface area (Å²) >= 11 is 0. The molecule has 3 aromatic carbocycles. The highest BCUT2D eigenvalue weighted by atomic mass is 19.1. The summed E-state index contributed by atoms with van der Waals surface area (Å²) in [5.41, 5.74) is 2.96. The number of anilines is 3. The van der Waals surface area contributed by atoms with E-state index in [0.29, 0.717) is 68.0 Å². The molecule has 3 aliphatic rings. The van der Waals surface area contributed by atoms with Crippen LogP contribution in [0.4, 0.5) is 21.5 Å². The van der Waals surface area contributed by atoms with E-state index in [-0.39, 0.29) is 34.7 Å². The Balaban J connectivity index is 1.09. The highest BCUT2D eigenvalue weighted by Gasteiger charge is 2.36. The largest absolute Gasteiger partial charge is 0.422 e. The van der Waals surface area contributed by atoms with E-state index in [4.69, 9.17) is 4.42 Å². The van der Waals surface area contributed by atoms with Crippen molar-refractivity contribution in [1.29, 1.82) is 0 Å². The molecule has 10 nitrogen and oxygen atoms in total. The number of piperidine rings is 1. The molecule has 2 saturated heterocycles. The van der Waals surface area contributed by atoms with Crippen LogP contribution in [0.1, 0.15) is 38.7 Å². The quantitative estimate of drug-likeness (QED) is 0.267. The zero-order chi connectivity index (χ0) is 33.6. The number of rotatable bonds is 5. The van der Waals surface area contributed by atoms with E-state index < -0.39 is 11.5 Å². The molecule has 0 radical (unpaired) electrons. The average molecular weight is 660 g/mol. The van der Waals surface area contributed by atoms with Crippen molar-refractivity contribution >= 4 is 39.8 Å². The first-order valence-electron chi connectivity index (χ1n) is 16.5. The van der Waals surface area contributed by atoms with Crippen molar-refractivity contribution in [2.45, 2.75) is 18.9 Å². The molecule has 0 unspecified atom stereocenters. The molecular formula is C38H34FN5O5. The predicted octanol–water partition coefficient (Wildman–Crippen LogP) is 4.93. The number of nitrogens with zero attached hydrogens (tertiary/aromatic N) is 4. The predicted molar refractivity (Wildman–Crippen MR) is 185 cm³/mol. The number of hydrogen-bond donors (Lipinski definition) is 1. The van der Waals surface area contributed by atoms with Crippen LogP contribution in [0.25, 0.3) is 11.0 Å². The van der Waals surface area contributed by atoms with Gasteiger partial charge in [-0.3, -0.25) is 14.4 Å². The summed E-state index contributed by atoms with van der Waals surface area (Å²) in [6, 6.07) is 25.6. The lowest BCUT2D eigenvalue weighted by Crippen LogP contribution is -2.49. The monoisotopic (exact) mass is 659 g/mol. The minimum Gasteiger partial charge on any atom is -0.422 e. The number of hydrogen-bond acceptors (Lipinski definition) is 7. The highest BCUT2D eigenvalue weighted by molar-refractivity contribution is 6.08. The fraction of sp³-hybridized carbons (Fsp3) is 0.263. The number of aromatic nitrogens is 1. The molecule has 0 aliphatic carbocycles. The SMILES string of the molecule is O=C(Nc1cc(C(=O)N2CCN(c3ccc(F)cc3)CC2)ccc1N1C[C@H]2C[C@@H](C1)c1cccc(=O)n1C2)c1cc2ccccc2oc1=O. The van der Waals surface area contributed by atoms with Gasteiger partial charge in [0.05, 0.1) is 11.4 Å². The third kappa shape index (κ3) is 5.85. The molecule has 1 N–H and O–H groups in total. The first-order valence-corrected chi connectivity index (χ1v) is 16.5. The molecule has 49 heavy (non-hydrogen) atoms. The number of fused-ring (bicyclic) bond motifs is 5. The first kappa shape index (κ1) is 30.6. The molecule has 2 aromatic heterocycles. The minimum atomic E-state index is -0.751.